The molecule has 1 saturated heterocycles. The van der Waals surface area contributed by atoms with Crippen molar-refractivity contribution in [3.63, 3.8) is 0 Å². The van der Waals surface area contributed by atoms with E-state index in [1.54, 1.807) is 30.5 Å². The zero-order valence-electron chi connectivity index (χ0n) is 16.4. The van der Waals surface area contributed by atoms with Crippen molar-refractivity contribution in [2.24, 2.45) is 0 Å². The van der Waals surface area contributed by atoms with Crippen molar-refractivity contribution < 1.29 is 4.79 Å². The normalized spacial score (nSPS) is 13.5. The van der Waals surface area contributed by atoms with E-state index in [-0.39, 0.29) is 11.6 Å². The Morgan fingerprint density at radius 2 is 1.83 bits per heavy atom. The molecule has 0 saturated carbocycles. The molecule has 2 aromatic heterocycles. The van der Waals surface area contributed by atoms with E-state index >= 15 is 0 Å². The summed E-state index contributed by atoms with van der Waals surface area (Å²) in [5.74, 6) is -0.355. The Hall–Kier alpha value is -3.92. The number of benzene rings is 1. The molecule has 1 aromatic carbocycles. The number of nitriles is 1. The molecule has 3 heterocycles. The molecule has 0 atom stereocenters. The van der Waals surface area contributed by atoms with E-state index < -0.39 is 5.56 Å². The predicted octanol–water partition coefficient (Wildman–Crippen LogP) is 3.55. The molecule has 7 heteroatoms. The number of rotatable bonds is 4. The average Bonchev–Trinajstić information content (AvgIpc) is 2.81. The van der Waals surface area contributed by atoms with Crippen LogP contribution in [0.1, 0.15) is 35.2 Å². The third-order valence-corrected chi connectivity index (χ3v) is 5.20. The first-order valence-electron chi connectivity index (χ1n) is 9.89. The minimum absolute atomic E-state index is 0.139. The quantitative estimate of drug-likeness (QED) is 0.698. The van der Waals surface area contributed by atoms with Gasteiger partial charge >= 0.3 is 0 Å². The molecule has 1 aliphatic rings. The highest BCUT2D eigenvalue weighted by molar-refractivity contribution is 6.04. The van der Waals surface area contributed by atoms with E-state index in [9.17, 15) is 9.59 Å². The smallest absolute Gasteiger partial charge is 0.271 e. The summed E-state index contributed by atoms with van der Waals surface area (Å²) in [6.45, 7) is 2.07. The van der Waals surface area contributed by atoms with Gasteiger partial charge in [-0.05, 0) is 55.7 Å². The van der Waals surface area contributed by atoms with Gasteiger partial charge in [0.05, 0.1) is 5.56 Å². The number of amides is 1. The largest absolute Gasteiger partial charge is 0.372 e. The average molecular weight is 399 g/mol. The number of carbonyl (C=O) groups excluding carboxylic acids is 1. The van der Waals surface area contributed by atoms with Crippen LogP contribution < -0.4 is 15.8 Å². The van der Waals surface area contributed by atoms with Crippen molar-refractivity contribution >= 4 is 17.3 Å². The molecule has 1 amide bonds. The van der Waals surface area contributed by atoms with Crippen molar-refractivity contribution in [1.82, 2.24) is 9.97 Å². The highest BCUT2D eigenvalue weighted by Gasteiger charge is 2.13. The molecule has 150 valence electrons. The Labute approximate surface area is 174 Å². The second-order valence-corrected chi connectivity index (χ2v) is 7.25. The van der Waals surface area contributed by atoms with Gasteiger partial charge in [0.2, 0.25) is 0 Å². The summed E-state index contributed by atoms with van der Waals surface area (Å²) in [4.78, 5) is 33.9. The molecule has 7 nitrogen and oxygen atoms in total. The summed E-state index contributed by atoms with van der Waals surface area (Å²) in [6, 6.07) is 12.7. The number of hydrogen-bond acceptors (Lipinski definition) is 5. The number of carbonyl (C=O) groups is 1. The maximum atomic E-state index is 12.7. The van der Waals surface area contributed by atoms with Crippen LogP contribution >= 0.6 is 0 Å². The highest BCUT2D eigenvalue weighted by atomic mass is 16.2. The van der Waals surface area contributed by atoms with Gasteiger partial charge in [-0.3, -0.25) is 14.6 Å². The fourth-order valence-corrected chi connectivity index (χ4v) is 3.57. The SMILES string of the molecule is N#Cc1cncc(-c2c[nH]c(=O)c(NC(=O)c3ccc(N4CCCCC4)cc3)c2)c1. The van der Waals surface area contributed by atoms with Crippen LogP contribution in [-0.2, 0) is 0 Å². The van der Waals surface area contributed by atoms with Gasteiger partial charge in [-0.15, -0.1) is 0 Å². The summed E-state index contributed by atoms with van der Waals surface area (Å²) in [5, 5.41) is 11.7. The molecule has 3 aromatic rings. The van der Waals surface area contributed by atoms with E-state index in [0.717, 1.165) is 18.8 Å². The summed E-state index contributed by atoms with van der Waals surface area (Å²) in [6.07, 6.45) is 8.23. The van der Waals surface area contributed by atoms with Crippen LogP contribution in [-0.4, -0.2) is 29.0 Å². The maximum Gasteiger partial charge on any atom is 0.271 e. The Morgan fingerprint density at radius 1 is 1.07 bits per heavy atom. The molecule has 0 unspecified atom stereocenters. The lowest BCUT2D eigenvalue weighted by atomic mass is 10.1. The van der Waals surface area contributed by atoms with Crippen LogP contribution in [0.3, 0.4) is 0 Å². The second-order valence-electron chi connectivity index (χ2n) is 7.25. The monoisotopic (exact) mass is 399 g/mol. The zero-order valence-corrected chi connectivity index (χ0v) is 16.4. The van der Waals surface area contributed by atoms with Crippen molar-refractivity contribution in [3.05, 3.63) is 76.5 Å². The van der Waals surface area contributed by atoms with Crippen LogP contribution in [0.4, 0.5) is 11.4 Å². The van der Waals surface area contributed by atoms with E-state index in [0.29, 0.717) is 22.3 Å². The molecule has 1 fully saturated rings. The van der Waals surface area contributed by atoms with Crippen molar-refractivity contribution in [3.8, 4) is 17.2 Å². The topological polar surface area (TPSA) is 102 Å². The van der Waals surface area contributed by atoms with Crippen LogP contribution in [0.5, 0.6) is 0 Å². The fraction of sp³-hybridized carbons (Fsp3) is 0.217. The minimum Gasteiger partial charge on any atom is -0.372 e. The lowest BCUT2D eigenvalue weighted by Gasteiger charge is -2.28. The Balaban J connectivity index is 1.53. The number of hydrogen-bond donors (Lipinski definition) is 2. The van der Waals surface area contributed by atoms with Gasteiger partial charge in [0, 0.05) is 54.1 Å². The molecular formula is C23H21N5O2. The van der Waals surface area contributed by atoms with Crippen LogP contribution in [0.15, 0.2) is 59.8 Å². The lowest BCUT2D eigenvalue weighted by Crippen LogP contribution is -2.29. The van der Waals surface area contributed by atoms with Gasteiger partial charge < -0.3 is 15.2 Å². The van der Waals surface area contributed by atoms with E-state index in [2.05, 4.69) is 20.2 Å². The maximum absolute atomic E-state index is 12.7. The zero-order chi connectivity index (χ0) is 20.9. The third kappa shape index (κ3) is 4.23. The molecule has 2 N–H and O–H groups in total. The number of nitrogens with zero attached hydrogens (tertiary/aromatic N) is 3. The summed E-state index contributed by atoms with van der Waals surface area (Å²) in [7, 11) is 0. The van der Waals surface area contributed by atoms with Crippen LogP contribution in [0.25, 0.3) is 11.1 Å². The number of H-pyrrole nitrogens is 1. The number of aromatic nitrogens is 2. The summed E-state index contributed by atoms with van der Waals surface area (Å²) in [5.41, 5.74) is 3.06. The summed E-state index contributed by atoms with van der Waals surface area (Å²) >= 11 is 0. The highest BCUT2D eigenvalue weighted by Crippen LogP contribution is 2.22. The predicted molar refractivity (Wildman–Crippen MR) is 115 cm³/mol. The third-order valence-electron chi connectivity index (χ3n) is 5.20. The van der Waals surface area contributed by atoms with Gasteiger partial charge in [-0.25, -0.2) is 0 Å². The number of aromatic amines is 1. The van der Waals surface area contributed by atoms with E-state index in [4.69, 9.17) is 5.26 Å². The van der Waals surface area contributed by atoms with Gasteiger partial charge in [0.25, 0.3) is 11.5 Å². The van der Waals surface area contributed by atoms with Gasteiger partial charge in [0.1, 0.15) is 11.8 Å². The molecule has 1 aliphatic heterocycles. The molecule has 0 bridgehead atoms. The molecule has 30 heavy (non-hydrogen) atoms. The van der Waals surface area contributed by atoms with Gasteiger partial charge in [-0.2, -0.15) is 5.26 Å². The number of nitrogens with one attached hydrogen (secondary N) is 2. The Bertz CT molecular complexity index is 1160. The second kappa shape index (κ2) is 8.62. The first kappa shape index (κ1) is 19.4. The van der Waals surface area contributed by atoms with Crippen molar-refractivity contribution in [2.75, 3.05) is 23.3 Å². The molecule has 0 radical (unpaired) electrons. The van der Waals surface area contributed by atoms with Crippen LogP contribution in [0, 0.1) is 11.3 Å². The molecular weight excluding hydrogens is 378 g/mol. The first-order valence-corrected chi connectivity index (χ1v) is 9.89. The number of piperidine rings is 1. The van der Waals surface area contributed by atoms with Crippen molar-refractivity contribution in [2.45, 2.75) is 19.3 Å². The standard InChI is InChI=1S/C23H21N5O2/c24-12-16-10-18(14-25-13-16)19-11-21(23(30)26-15-19)27-22(29)17-4-6-20(7-5-17)28-8-2-1-3-9-28/h4-7,10-11,13-15H,1-3,8-9H2,(H,26,30)(H,27,29). The first-order chi connectivity index (χ1) is 14.6. The number of pyridine rings is 2. The lowest BCUT2D eigenvalue weighted by molar-refractivity contribution is 0.102. The van der Waals surface area contributed by atoms with Gasteiger partial charge in [-0.1, -0.05) is 0 Å². The fourth-order valence-electron chi connectivity index (χ4n) is 3.57. The molecule has 0 aliphatic carbocycles. The molecule has 4 rings (SSSR count). The Kier molecular flexibility index (Phi) is 5.57. The van der Waals surface area contributed by atoms with Crippen LogP contribution in [0.2, 0.25) is 0 Å². The van der Waals surface area contributed by atoms with E-state index in [1.807, 2.05) is 18.2 Å². The summed E-state index contributed by atoms with van der Waals surface area (Å²) < 4.78 is 0. The van der Waals surface area contributed by atoms with Crippen molar-refractivity contribution in [1.29, 1.82) is 5.26 Å². The van der Waals surface area contributed by atoms with E-state index in [1.165, 1.54) is 31.7 Å². The Morgan fingerprint density at radius 3 is 2.57 bits per heavy atom. The number of anilines is 2. The van der Waals surface area contributed by atoms with Gasteiger partial charge in [0.15, 0.2) is 0 Å². The minimum atomic E-state index is -0.401. The molecule has 0 spiro atoms.